The van der Waals surface area contributed by atoms with Crippen LogP contribution in [0.15, 0.2) is 261 Å². The van der Waals surface area contributed by atoms with Gasteiger partial charge in [0.25, 0.3) is 0 Å². The molecule has 4 heterocycles. The Labute approximate surface area is 427 Å². The normalized spacial score (nSPS) is 15.4. The Bertz CT molecular complexity index is 4210. The van der Waals surface area contributed by atoms with Gasteiger partial charge in [-0.3, -0.25) is 0 Å². The fourth-order valence-electron chi connectivity index (χ4n) is 13.4. The van der Waals surface area contributed by atoms with Gasteiger partial charge in [0.15, 0.2) is 16.1 Å². The van der Waals surface area contributed by atoms with Crippen LogP contribution in [0.25, 0.3) is 55.0 Å². The summed E-state index contributed by atoms with van der Waals surface area (Å²) in [6.45, 7) is 4.41. The molecule has 0 aliphatic carbocycles. The second kappa shape index (κ2) is 15.9. The molecule has 3 nitrogen and oxygen atoms in total. The lowest BCUT2D eigenvalue weighted by Crippen LogP contribution is -2.82. The summed E-state index contributed by atoms with van der Waals surface area (Å²) in [5, 5.41) is 16.2. The van der Waals surface area contributed by atoms with E-state index >= 15 is 0 Å². The number of benzene rings is 11. The third-order valence-electron chi connectivity index (χ3n) is 16.3. The highest BCUT2D eigenvalue weighted by Gasteiger charge is 2.56. The maximum absolute atomic E-state index is 3.18. The van der Waals surface area contributed by atoms with E-state index < -0.39 is 16.1 Å². The van der Waals surface area contributed by atoms with Crippen molar-refractivity contribution in [2.24, 2.45) is 0 Å². The van der Waals surface area contributed by atoms with Crippen LogP contribution < -0.4 is 46.4 Å². The van der Waals surface area contributed by atoms with Crippen LogP contribution in [0, 0.1) is 13.8 Å². The third-order valence-corrected chi connectivity index (χ3v) is 26.0. The molecule has 2 aromatic heterocycles. The molecule has 0 spiro atoms. The predicted octanol–water partition coefficient (Wildman–Crippen LogP) is 11.3. The Morgan fingerprint density at radius 2 is 0.699 bits per heavy atom. The van der Waals surface area contributed by atoms with Crippen molar-refractivity contribution in [3.8, 4) is 11.4 Å². The van der Waals surface area contributed by atoms with Crippen molar-refractivity contribution < 1.29 is 0 Å². The smallest absolute Gasteiger partial charge is 0.184 e. The molecule has 2 aliphatic rings. The molecular formula is C68H49N3Si2. The van der Waals surface area contributed by atoms with E-state index in [4.69, 9.17) is 0 Å². The fraction of sp³-hybridized carbons (Fsp3) is 0.0294. The maximum atomic E-state index is 2.70. The van der Waals surface area contributed by atoms with Gasteiger partial charge in [-0.2, -0.15) is 0 Å². The number of rotatable bonds is 6. The summed E-state index contributed by atoms with van der Waals surface area (Å²) < 4.78 is 5.00. The van der Waals surface area contributed by atoms with Gasteiger partial charge in [0, 0.05) is 50.0 Å². The monoisotopic (exact) mass is 963 g/mol. The molecule has 13 aromatic rings. The van der Waals surface area contributed by atoms with Crippen LogP contribution in [0.4, 0.5) is 17.1 Å². The van der Waals surface area contributed by atoms with E-state index in [2.05, 4.69) is 289 Å². The van der Waals surface area contributed by atoms with Gasteiger partial charge in [-0.15, -0.1) is 0 Å². The summed E-state index contributed by atoms with van der Waals surface area (Å²) in [5.41, 5.74) is 13.5. The lowest BCUT2D eigenvalue weighted by molar-refractivity contribution is 1.17. The molecule has 0 fully saturated rings. The second-order valence-electron chi connectivity index (χ2n) is 20.2. The number of anilines is 3. The van der Waals surface area contributed by atoms with Gasteiger partial charge in [0.2, 0.25) is 0 Å². The first kappa shape index (κ1) is 42.0. The summed E-state index contributed by atoms with van der Waals surface area (Å²) in [5.74, 6) is 0. The maximum Gasteiger partial charge on any atom is 0.184 e. The average Bonchev–Trinajstić information content (AvgIpc) is 3.96. The van der Waals surface area contributed by atoms with Crippen molar-refractivity contribution in [1.29, 1.82) is 0 Å². The number of aryl methyl sites for hydroxylation is 2. The van der Waals surface area contributed by atoms with Crippen molar-refractivity contribution in [3.05, 3.63) is 272 Å². The van der Waals surface area contributed by atoms with Crippen LogP contribution in [-0.4, -0.2) is 25.3 Å². The molecule has 0 radical (unpaired) electrons. The Hall–Kier alpha value is -8.75. The van der Waals surface area contributed by atoms with Gasteiger partial charge < -0.3 is 14.0 Å². The molecule has 0 saturated carbocycles. The first-order chi connectivity index (χ1) is 36.0. The highest BCUT2D eigenvalue weighted by molar-refractivity contribution is 7.24. The van der Waals surface area contributed by atoms with Crippen LogP contribution in [-0.2, 0) is 0 Å². The molecule has 73 heavy (non-hydrogen) atoms. The Kier molecular flexibility index (Phi) is 9.13. The number of aromatic nitrogens is 2. The van der Waals surface area contributed by atoms with E-state index in [1.807, 2.05) is 0 Å². The molecule has 1 atom stereocenters. The fourth-order valence-corrected chi connectivity index (χ4v) is 23.8. The Morgan fingerprint density at radius 3 is 1.27 bits per heavy atom. The van der Waals surface area contributed by atoms with E-state index in [0.29, 0.717) is 0 Å². The summed E-state index contributed by atoms with van der Waals surface area (Å²) in [6.07, 6.45) is 0. The summed E-state index contributed by atoms with van der Waals surface area (Å²) in [7, 11) is -6.28. The van der Waals surface area contributed by atoms with Gasteiger partial charge in [-0.05, 0) is 122 Å². The highest BCUT2D eigenvalue weighted by atomic mass is 28.3. The van der Waals surface area contributed by atoms with E-state index in [1.165, 1.54) is 119 Å². The number of fused-ring (bicyclic) bond motifs is 10. The van der Waals surface area contributed by atoms with E-state index in [1.54, 1.807) is 0 Å². The van der Waals surface area contributed by atoms with Crippen LogP contribution in [0.3, 0.4) is 0 Å². The first-order valence-electron chi connectivity index (χ1n) is 25.5. The molecule has 1 unspecified atom stereocenters. The van der Waals surface area contributed by atoms with Crippen molar-refractivity contribution in [1.82, 2.24) is 9.13 Å². The van der Waals surface area contributed by atoms with Crippen LogP contribution in [0.1, 0.15) is 11.1 Å². The SMILES string of the molecule is Cc1ccc2c(c1)c1cc(C)ccc1n2-c1ccc2c(c1)N1c3ccccc3[Si](c3ccccc3)(c3cccc(-n4c5ccccc5c5ccccc54)c3)c3cccc(c31)[Si]2(c1ccccc1)c1ccccc1. The van der Waals surface area contributed by atoms with Crippen LogP contribution in [0.5, 0.6) is 0 Å². The zero-order chi connectivity index (χ0) is 48.4. The Morgan fingerprint density at radius 1 is 0.274 bits per heavy atom. The zero-order valence-electron chi connectivity index (χ0n) is 40.7. The summed E-state index contributed by atoms with van der Waals surface area (Å²) >= 11 is 0. The quantitative estimate of drug-likeness (QED) is 0.151. The molecular weight excluding hydrogens is 915 g/mol. The van der Waals surface area contributed by atoms with E-state index in [0.717, 1.165) is 5.69 Å². The van der Waals surface area contributed by atoms with Crippen molar-refractivity contribution in [2.75, 3.05) is 4.90 Å². The second-order valence-corrected chi connectivity index (χ2v) is 27.6. The van der Waals surface area contributed by atoms with Crippen molar-refractivity contribution in [2.45, 2.75) is 13.8 Å². The summed E-state index contributed by atoms with van der Waals surface area (Å²) in [6, 6.07) is 100. The van der Waals surface area contributed by atoms with Gasteiger partial charge in [-0.1, -0.05) is 205 Å². The summed E-state index contributed by atoms with van der Waals surface area (Å²) in [4.78, 5) is 2.70. The molecule has 0 N–H and O–H groups in total. The minimum atomic E-state index is -3.18. The van der Waals surface area contributed by atoms with E-state index in [9.17, 15) is 0 Å². The van der Waals surface area contributed by atoms with E-state index in [-0.39, 0.29) is 0 Å². The van der Waals surface area contributed by atoms with Gasteiger partial charge in [0.05, 0.1) is 22.1 Å². The molecule has 0 saturated heterocycles. The first-order valence-corrected chi connectivity index (χ1v) is 29.5. The molecule has 344 valence electrons. The minimum Gasteiger partial charge on any atom is -0.311 e. The highest BCUT2D eigenvalue weighted by Crippen LogP contribution is 2.43. The number of nitrogens with zero attached hydrogens (tertiary/aromatic N) is 3. The van der Waals surface area contributed by atoms with Gasteiger partial charge in [0.1, 0.15) is 0 Å². The van der Waals surface area contributed by atoms with Crippen LogP contribution in [0.2, 0.25) is 0 Å². The third kappa shape index (κ3) is 5.74. The van der Waals surface area contributed by atoms with Crippen LogP contribution >= 0.6 is 0 Å². The lowest BCUT2D eigenvalue weighted by Gasteiger charge is -2.52. The average molecular weight is 964 g/mol. The molecule has 11 aromatic carbocycles. The molecule has 15 rings (SSSR count). The molecule has 5 heteroatoms. The molecule has 0 amide bonds. The lowest BCUT2D eigenvalue weighted by atomic mass is 10.1. The standard InChI is InChI=1S/C68H49N3Si2/c1-46-36-39-60-56(42-46)57-43-47(2)37-40-61(57)70(60)49-38-41-65-63(45-49)71-62-32-16-17-33-64(62)73(52-25-10-5-11-26-52,53-27-18-20-48(44-53)69-58-30-14-12-28-54(58)55-29-13-15-31-59(55)69)67-35-19-34-66(68(67)71)72(65,50-21-6-3-7-22-50)51-23-8-4-9-24-51/h3-45H,1-2H3. The van der Waals surface area contributed by atoms with Crippen molar-refractivity contribution >= 4 is 118 Å². The van der Waals surface area contributed by atoms with Crippen molar-refractivity contribution in [3.63, 3.8) is 0 Å². The largest absolute Gasteiger partial charge is 0.311 e. The minimum absolute atomic E-state index is 1.16. The topological polar surface area (TPSA) is 13.1 Å². The number of para-hydroxylation sites is 4. The molecule has 0 bridgehead atoms. The Balaban J connectivity index is 1.09. The zero-order valence-corrected chi connectivity index (χ0v) is 42.7. The predicted molar refractivity (Wildman–Crippen MR) is 314 cm³/mol. The molecule has 2 aliphatic heterocycles. The number of hydrogen-bond donors (Lipinski definition) is 0. The number of hydrogen-bond acceptors (Lipinski definition) is 1. The van der Waals surface area contributed by atoms with Gasteiger partial charge in [-0.25, -0.2) is 0 Å². The van der Waals surface area contributed by atoms with Gasteiger partial charge >= 0.3 is 0 Å².